The van der Waals surface area contributed by atoms with E-state index < -0.39 is 26.0 Å². The summed E-state index contributed by atoms with van der Waals surface area (Å²) in [6.07, 6.45) is 3.55. The molecule has 0 radical (unpaired) electrons. The molecule has 38 heavy (non-hydrogen) atoms. The Labute approximate surface area is 233 Å². The van der Waals surface area contributed by atoms with E-state index in [2.05, 4.69) is 10.0 Å². The van der Waals surface area contributed by atoms with Crippen molar-refractivity contribution in [3.63, 3.8) is 0 Å². The van der Waals surface area contributed by atoms with Gasteiger partial charge in [0.2, 0.25) is 10.0 Å². The molecule has 1 fully saturated rings. The first-order valence-electron chi connectivity index (χ1n) is 12.0. The van der Waals surface area contributed by atoms with Gasteiger partial charge in [0.05, 0.1) is 26.1 Å². The Hall–Kier alpha value is -2.63. The number of hydrogen-bond donors (Lipinski definition) is 2. The first kappa shape index (κ1) is 28.4. The maximum atomic E-state index is 13.2. The van der Waals surface area contributed by atoms with Crippen molar-refractivity contribution in [2.75, 3.05) is 23.1 Å². The van der Waals surface area contributed by atoms with Crippen LogP contribution < -0.4 is 10.0 Å². The van der Waals surface area contributed by atoms with Gasteiger partial charge in [-0.3, -0.25) is 9.52 Å². The molecule has 1 aliphatic heterocycles. The standard InChI is InChI=1S/C26H27Cl2N3O5S2/c1-18-23(27)7-6-8-25(18)30-37(33,34)20-11-9-19(10-12-20)29-26(32)22-17-21(13-14-24(22)28)38(35,36)31-15-4-2-3-5-16-31/h6-14,17,30H,2-5,15-16H2,1H3,(H,29,32). The van der Waals surface area contributed by atoms with E-state index in [1.54, 1.807) is 25.1 Å². The average molecular weight is 597 g/mol. The molecule has 0 saturated carbocycles. The third-order valence-corrected chi connectivity index (χ3v) is 10.3. The molecule has 1 heterocycles. The van der Waals surface area contributed by atoms with Gasteiger partial charge < -0.3 is 5.32 Å². The second kappa shape index (κ2) is 11.6. The molecule has 3 aromatic rings. The van der Waals surface area contributed by atoms with E-state index in [1.165, 1.54) is 46.8 Å². The summed E-state index contributed by atoms with van der Waals surface area (Å²) in [6.45, 7) is 2.58. The number of benzene rings is 3. The molecular formula is C26H27Cl2N3O5S2. The lowest BCUT2D eigenvalue weighted by Gasteiger charge is -2.20. The van der Waals surface area contributed by atoms with Gasteiger partial charge >= 0.3 is 0 Å². The van der Waals surface area contributed by atoms with Gasteiger partial charge in [-0.15, -0.1) is 0 Å². The van der Waals surface area contributed by atoms with Gasteiger partial charge in [-0.2, -0.15) is 4.31 Å². The third kappa shape index (κ3) is 6.32. The summed E-state index contributed by atoms with van der Waals surface area (Å²) in [4.78, 5) is 13.0. The molecule has 0 unspecified atom stereocenters. The number of rotatable bonds is 7. The lowest BCUT2D eigenvalue weighted by atomic mass is 10.2. The van der Waals surface area contributed by atoms with Crippen LogP contribution in [0.25, 0.3) is 0 Å². The van der Waals surface area contributed by atoms with Crippen molar-refractivity contribution in [1.29, 1.82) is 0 Å². The molecule has 8 nitrogen and oxygen atoms in total. The summed E-state index contributed by atoms with van der Waals surface area (Å²) in [5.41, 5.74) is 1.26. The zero-order valence-corrected chi connectivity index (χ0v) is 23.7. The van der Waals surface area contributed by atoms with Crippen molar-refractivity contribution in [3.05, 3.63) is 81.8 Å². The lowest BCUT2D eigenvalue weighted by molar-refractivity contribution is 0.102. The topological polar surface area (TPSA) is 113 Å². The van der Waals surface area contributed by atoms with Crippen LogP contribution in [0.5, 0.6) is 0 Å². The maximum Gasteiger partial charge on any atom is 0.261 e. The van der Waals surface area contributed by atoms with Crippen LogP contribution in [0.1, 0.15) is 41.6 Å². The third-order valence-electron chi connectivity index (χ3n) is 6.32. The number of nitrogens with zero attached hydrogens (tertiary/aromatic N) is 1. The largest absolute Gasteiger partial charge is 0.322 e. The summed E-state index contributed by atoms with van der Waals surface area (Å²) >= 11 is 12.3. The molecule has 2 N–H and O–H groups in total. The molecule has 0 spiro atoms. The fourth-order valence-corrected chi connectivity index (χ4v) is 7.15. The van der Waals surface area contributed by atoms with Crippen LogP contribution in [0, 0.1) is 6.92 Å². The van der Waals surface area contributed by atoms with Crippen LogP contribution in [0.4, 0.5) is 11.4 Å². The highest BCUT2D eigenvalue weighted by molar-refractivity contribution is 7.92. The molecule has 4 rings (SSSR count). The summed E-state index contributed by atoms with van der Waals surface area (Å²) in [6, 6.07) is 14.5. The number of sulfonamides is 2. The molecule has 12 heteroatoms. The molecule has 0 aliphatic carbocycles. The lowest BCUT2D eigenvalue weighted by Crippen LogP contribution is -2.32. The number of amides is 1. The van der Waals surface area contributed by atoms with E-state index in [1.807, 2.05) is 0 Å². The van der Waals surface area contributed by atoms with Gasteiger partial charge in [0.1, 0.15) is 0 Å². The SMILES string of the molecule is Cc1c(Cl)cccc1NS(=O)(=O)c1ccc(NC(=O)c2cc(S(=O)(=O)N3CCCCCC3)ccc2Cl)cc1. The Balaban J connectivity index is 1.51. The smallest absolute Gasteiger partial charge is 0.261 e. The molecule has 1 aliphatic rings. The summed E-state index contributed by atoms with van der Waals surface area (Å²) in [5, 5.41) is 3.18. The summed E-state index contributed by atoms with van der Waals surface area (Å²) in [7, 11) is -7.68. The van der Waals surface area contributed by atoms with Gasteiger partial charge in [-0.25, -0.2) is 16.8 Å². The highest BCUT2D eigenvalue weighted by Crippen LogP contribution is 2.28. The number of halogens is 2. The van der Waals surface area contributed by atoms with Crippen molar-refractivity contribution in [1.82, 2.24) is 4.31 Å². The van der Waals surface area contributed by atoms with Crippen LogP contribution in [-0.2, 0) is 20.0 Å². The number of anilines is 2. The van der Waals surface area contributed by atoms with E-state index in [-0.39, 0.29) is 20.4 Å². The Morgan fingerprint density at radius 1 is 0.816 bits per heavy atom. The molecular weight excluding hydrogens is 569 g/mol. The maximum absolute atomic E-state index is 13.2. The number of hydrogen-bond acceptors (Lipinski definition) is 5. The number of nitrogens with one attached hydrogen (secondary N) is 2. The summed E-state index contributed by atoms with van der Waals surface area (Å²) < 4.78 is 55.9. The van der Waals surface area contributed by atoms with Crippen LogP contribution in [0.2, 0.25) is 10.0 Å². The molecule has 0 bridgehead atoms. The van der Waals surface area contributed by atoms with E-state index in [0.29, 0.717) is 35.1 Å². The molecule has 1 amide bonds. The molecule has 0 atom stereocenters. The minimum Gasteiger partial charge on any atom is -0.322 e. The first-order chi connectivity index (χ1) is 18.0. The zero-order chi connectivity index (χ0) is 27.5. The average Bonchev–Trinajstić information content (AvgIpc) is 3.17. The molecule has 0 aromatic heterocycles. The highest BCUT2D eigenvalue weighted by atomic mass is 35.5. The van der Waals surface area contributed by atoms with Crippen molar-refractivity contribution in [3.8, 4) is 0 Å². The van der Waals surface area contributed by atoms with Crippen LogP contribution in [0.15, 0.2) is 70.5 Å². The van der Waals surface area contributed by atoms with E-state index in [4.69, 9.17) is 23.2 Å². The van der Waals surface area contributed by atoms with Crippen molar-refractivity contribution in [2.45, 2.75) is 42.4 Å². The fourth-order valence-electron chi connectivity index (χ4n) is 4.11. The second-order valence-electron chi connectivity index (χ2n) is 8.96. The Kier molecular flexibility index (Phi) is 8.68. The zero-order valence-electron chi connectivity index (χ0n) is 20.6. The van der Waals surface area contributed by atoms with Gasteiger partial charge in [-0.05, 0) is 79.9 Å². The van der Waals surface area contributed by atoms with Crippen LogP contribution >= 0.6 is 23.2 Å². The first-order valence-corrected chi connectivity index (χ1v) is 15.7. The minimum atomic E-state index is -3.91. The Morgan fingerprint density at radius 2 is 1.45 bits per heavy atom. The normalized spacial score (nSPS) is 15.0. The highest BCUT2D eigenvalue weighted by Gasteiger charge is 2.27. The van der Waals surface area contributed by atoms with E-state index in [0.717, 1.165) is 25.7 Å². The van der Waals surface area contributed by atoms with Crippen molar-refractivity contribution in [2.24, 2.45) is 0 Å². The minimum absolute atomic E-state index is 0.00206. The van der Waals surface area contributed by atoms with Gasteiger partial charge in [0.15, 0.2) is 0 Å². The number of carbonyl (C=O) groups is 1. The van der Waals surface area contributed by atoms with E-state index >= 15 is 0 Å². The fraction of sp³-hybridized carbons (Fsp3) is 0.269. The van der Waals surface area contributed by atoms with Crippen molar-refractivity contribution >= 4 is 60.5 Å². The second-order valence-corrected chi connectivity index (χ2v) is 13.4. The predicted molar refractivity (Wildman–Crippen MR) is 150 cm³/mol. The van der Waals surface area contributed by atoms with Crippen LogP contribution in [-0.4, -0.2) is 40.1 Å². The molecule has 1 saturated heterocycles. The monoisotopic (exact) mass is 595 g/mol. The van der Waals surface area contributed by atoms with Crippen LogP contribution in [0.3, 0.4) is 0 Å². The predicted octanol–water partition coefficient (Wildman–Crippen LogP) is 5.92. The van der Waals surface area contributed by atoms with Gasteiger partial charge in [0, 0.05) is 23.8 Å². The Morgan fingerprint density at radius 3 is 2.11 bits per heavy atom. The number of carbonyl (C=O) groups excluding carboxylic acids is 1. The molecule has 202 valence electrons. The quantitative estimate of drug-likeness (QED) is 0.352. The van der Waals surface area contributed by atoms with Crippen molar-refractivity contribution < 1.29 is 21.6 Å². The summed E-state index contributed by atoms with van der Waals surface area (Å²) in [5.74, 6) is -0.619. The molecule has 3 aromatic carbocycles. The van der Waals surface area contributed by atoms with E-state index in [9.17, 15) is 21.6 Å². The van der Waals surface area contributed by atoms with Gasteiger partial charge in [-0.1, -0.05) is 42.1 Å². The Bertz CT molecular complexity index is 1550. The van der Waals surface area contributed by atoms with Gasteiger partial charge in [0.25, 0.3) is 15.9 Å².